The van der Waals surface area contributed by atoms with Crippen molar-refractivity contribution in [2.75, 3.05) is 18.4 Å². The van der Waals surface area contributed by atoms with Crippen molar-refractivity contribution in [2.45, 2.75) is 37.0 Å². The van der Waals surface area contributed by atoms with E-state index in [0.717, 1.165) is 24.8 Å². The Labute approximate surface area is 169 Å². The van der Waals surface area contributed by atoms with Gasteiger partial charge in [-0.15, -0.1) is 0 Å². The number of carbonyl (C=O) groups excluding carboxylic acids is 1. The first-order valence-electron chi connectivity index (χ1n) is 9.77. The van der Waals surface area contributed by atoms with E-state index in [2.05, 4.69) is 10.3 Å². The molecule has 1 aromatic heterocycles. The molecule has 0 unspecified atom stereocenters. The molecular formula is C21H23N3O4S. The number of nitrogens with zero attached hydrogens (tertiary/aromatic N) is 2. The number of rotatable bonds is 6. The number of hydrogen-bond acceptors (Lipinski definition) is 5. The van der Waals surface area contributed by atoms with E-state index in [4.69, 9.17) is 4.42 Å². The van der Waals surface area contributed by atoms with Crippen molar-refractivity contribution in [3.8, 4) is 0 Å². The molecule has 1 amide bonds. The van der Waals surface area contributed by atoms with Crippen molar-refractivity contribution >= 4 is 32.7 Å². The number of para-hydroxylation sites is 2. The third-order valence-corrected chi connectivity index (χ3v) is 6.91. The van der Waals surface area contributed by atoms with Crippen molar-refractivity contribution in [3.05, 3.63) is 54.4 Å². The van der Waals surface area contributed by atoms with E-state index < -0.39 is 10.0 Å². The number of fused-ring (bicyclic) bond motifs is 1. The fourth-order valence-corrected chi connectivity index (χ4v) is 4.95. The summed E-state index contributed by atoms with van der Waals surface area (Å²) in [6.07, 6.45) is 3.48. The van der Waals surface area contributed by atoms with E-state index in [1.165, 1.54) is 4.31 Å². The number of sulfonamides is 1. The maximum absolute atomic E-state index is 12.7. The molecule has 7 nitrogen and oxygen atoms in total. The van der Waals surface area contributed by atoms with Gasteiger partial charge in [-0.05, 0) is 49.2 Å². The first-order chi connectivity index (χ1) is 14.0. The van der Waals surface area contributed by atoms with Crippen LogP contribution in [-0.4, -0.2) is 36.7 Å². The molecule has 3 aromatic rings. The van der Waals surface area contributed by atoms with Crippen molar-refractivity contribution in [1.29, 1.82) is 0 Å². The molecule has 1 aliphatic rings. The zero-order valence-corrected chi connectivity index (χ0v) is 16.8. The summed E-state index contributed by atoms with van der Waals surface area (Å²) in [5.41, 5.74) is 2.03. The van der Waals surface area contributed by atoms with Crippen molar-refractivity contribution in [1.82, 2.24) is 9.29 Å². The summed E-state index contributed by atoms with van der Waals surface area (Å²) in [6.45, 7) is 1.13. The average Bonchev–Trinajstić information content (AvgIpc) is 3.16. The number of nitrogens with one attached hydrogen (secondary N) is 1. The molecule has 1 fully saturated rings. The smallest absolute Gasteiger partial charge is 0.243 e. The van der Waals surface area contributed by atoms with Crippen molar-refractivity contribution in [2.24, 2.45) is 0 Å². The van der Waals surface area contributed by atoms with Crippen molar-refractivity contribution in [3.63, 3.8) is 0 Å². The van der Waals surface area contributed by atoms with Crippen molar-refractivity contribution < 1.29 is 17.6 Å². The molecule has 1 aliphatic heterocycles. The largest absolute Gasteiger partial charge is 0.441 e. The molecule has 2 heterocycles. The second kappa shape index (κ2) is 8.34. The Morgan fingerprint density at radius 2 is 1.76 bits per heavy atom. The summed E-state index contributed by atoms with van der Waals surface area (Å²) in [5, 5.41) is 2.79. The SMILES string of the molecule is O=C(CCc1nc2ccccc2o1)Nc1ccc(S(=O)(=O)N2CCCCC2)cc1. The van der Waals surface area contributed by atoms with Gasteiger partial charge in [-0.1, -0.05) is 18.6 Å². The molecule has 0 bridgehead atoms. The van der Waals surface area contributed by atoms with Gasteiger partial charge in [0.2, 0.25) is 15.9 Å². The fraction of sp³-hybridized carbons (Fsp3) is 0.333. The Morgan fingerprint density at radius 1 is 1.03 bits per heavy atom. The first-order valence-corrected chi connectivity index (χ1v) is 11.2. The Hall–Kier alpha value is -2.71. The highest BCUT2D eigenvalue weighted by molar-refractivity contribution is 7.89. The number of anilines is 1. The van der Waals surface area contributed by atoms with Crippen LogP contribution in [0, 0.1) is 0 Å². The third-order valence-electron chi connectivity index (χ3n) is 4.99. The number of piperidine rings is 1. The normalized spacial score (nSPS) is 15.4. The minimum Gasteiger partial charge on any atom is -0.441 e. The predicted molar refractivity (Wildman–Crippen MR) is 110 cm³/mol. The van der Waals surface area contributed by atoms with E-state index in [9.17, 15) is 13.2 Å². The summed E-state index contributed by atoms with van der Waals surface area (Å²) in [5.74, 6) is 0.336. The maximum Gasteiger partial charge on any atom is 0.243 e. The Morgan fingerprint density at radius 3 is 2.48 bits per heavy atom. The highest BCUT2D eigenvalue weighted by Crippen LogP contribution is 2.22. The van der Waals surface area contributed by atoms with Gasteiger partial charge in [-0.2, -0.15) is 4.31 Å². The maximum atomic E-state index is 12.7. The number of carbonyl (C=O) groups is 1. The number of oxazole rings is 1. The molecule has 8 heteroatoms. The summed E-state index contributed by atoms with van der Waals surface area (Å²) < 4.78 is 32.5. The monoisotopic (exact) mass is 413 g/mol. The minimum absolute atomic E-state index is 0.182. The number of hydrogen-bond donors (Lipinski definition) is 1. The van der Waals surface area contributed by atoms with Gasteiger partial charge >= 0.3 is 0 Å². The van der Waals surface area contributed by atoms with Gasteiger partial charge in [-0.3, -0.25) is 4.79 Å². The second-order valence-corrected chi connectivity index (χ2v) is 9.05. The van der Waals surface area contributed by atoms with Gasteiger partial charge in [0.1, 0.15) is 5.52 Å². The van der Waals surface area contributed by atoms with Gasteiger partial charge in [0.25, 0.3) is 0 Å². The Balaban J connectivity index is 1.35. The second-order valence-electron chi connectivity index (χ2n) is 7.11. The van der Waals surface area contributed by atoms with Gasteiger partial charge in [0.15, 0.2) is 11.5 Å². The lowest BCUT2D eigenvalue weighted by Gasteiger charge is -2.25. The lowest BCUT2D eigenvalue weighted by molar-refractivity contribution is -0.116. The summed E-state index contributed by atoms with van der Waals surface area (Å²) in [7, 11) is -3.47. The lowest BCUT2D eigenvalue weighted by Crippen LogP contribution is -2.35. The Bertz CT molecular complexity index is 1070. The zero-order chi connectivity index (χ0) is 20.3. The molecule has 4 rings (SSSR count). The minimum atomic E-state index is -3.47. The molecule has 29 heavy (non-hydrogen) atoms. The van der Waals surface area contributed by atoms with Crippen LogP contribution in [0.5, 0.6) is 0 Å². The number of aryl methyl sites for hydroxylation is 1. The van der Waals surface area contributed by atoms with Crippen LogP contribution in [-0.2, 0) is 21.2 Å². The van der Waals surface area contributed by atoms with Crippen LogP contribution in [0.25, 0.3) is 11.1 Å². The van der Waals surface area contributed by atoms with Gasteiger partial charge < -0.3 is 9.73 Å². The summed E-state index contributed by atoms with van der Waals surface area (Å²) in [4.78, 5) is 16.8. The standard InChI is InChI=1S/C21H23N3O4S/c25-20(12-13-21-23-18-6-2-3-7-19(18)28-21)22-16-8-10-17(11-9-16)29(26,27)24-14-4-1-5-15-24/h2-3,6-11H,1,4-5,12-15H2,(H,22,25). The predicted octanol–water partition coefficient (Wildman–Crippen LogP) is 3.57. The van der Waals surface area contributed by atoms with Crippen LogP contribution in [0.4, 0.5) is 5.69 Å². The first kappa shape index (κ1) is 19.6. The average molecular weight is 413 g/mol. The molecule has 2 aromatic carbocycles. The van der Waals surface area contributed by atoms with Crippen LogP contribution in [0.3, 0.4) is 0 Å². The Kier molecular flexibility index (Phi) is 5.64. The number of aromatic nitrogens is 1. The summed E-state index contributed by atoms with van der Waals surface area (Å²) >= 11 is 0. The fourth-order valence-electron chi connectivity index (χ4n) is 3.44. The van der Waals surface area contributed by atoms with Crippen LogP contribution in [0.1, 0.15) is 31.6 Å². The van der Waals surface area contributed by atoms with Crippen LogP contribution in [0.15, 0.2) is 57.8 Å². The highest BCUT2D eigenvalue weighted by Gasteiger charge is 2.25. The number of amides is 1. The molecule has 0 saturated carbocycles. The van der Waals surface area contributed by atoms with Crippen LogP contribution >= 0.6 is 0 Å². The molecule has 0 spiro atoms. The van der Waals surface area contributed by atoms with E-state index in [1.807, 2.05) is 24.3 Å². The molecule has 152 valence electrons. The van der Waals surface area contributed by atoms with Gasteiger partial charge in [-0.25, -0.2) is 13.4 Å². The van der Waals surface area contributed by atoms with Gasteiger partial charge in [0.05, 0.1) is 4.90 Å². The molecule has 1 saturated heterocycles. The molecule has 0 radical (unpaired) electrons. The molecule has 1 N–H and O–H groups in total. The molecule has 0 aliphatic carbocycles. The van der Waals surface area contributed by atoms with Crippen LogP contribution < -0.4 is 5.32 Å². The quantitative estimate of drug-likeness (QED) is 0.667. The van der Waals surface area contributed by atoms with Gasteiger partial charge in [0, 0.05) is 31.6 Å². The molecule has 0 atom stereocenters. The van der Waals surface area contributed by atoms with E-state index >= 15 is 0 Å². The van der Waals surface area contributed by atoms with Crippen LogP contribution in [0.2, 0.25) is 0 Å². The zero-order valence-electron chi connectivity index (χ0n) is 16.0. The molecular weight excluding hydrogens is 390 g/mol. The third kappa shape index (κ3) is 4.49. The van der Waals surface area contributed by atoms with E-state index in [1.54, 1.807) is 24.3 Å². The summed E-state index contributed by atoms with van der Waals surface area (Å²) in [6, 6.07) is 13.8. The van der Waals surface area contributed by atoms with E-state index in [-0.39, 0.29) is 17.2 Å². The highest BCUT2D eigenvalue weighted by atomic mass is 32.2. The van der Waals surface area contributed by atoms with E-state index in [0.29, 0.717) is 36.7 Å². The topological polar surface area (TPSA) is 92.5 Å². The number of benzene rings is 2. The lowest BCUT2D eigenvalue weighted by atomic mass is 10.2.